The molecule has 2 aromatic rings. The van der Waals surface area contributed by atoms with Gasteiger partial charge in [-0.25, -0.2) is 5.48 Å². The van der Waals surface area contributed by atoms with Crippen LogP contribution in [0.5, 0.6) is 23.0 Å². The maximum atomic E-state index is 10.4. The van der Waals surface area contributed by atoms with Crippen LogP contribution in [-0.2, 0) is 0 Å². The van der Waals surface area contributed by atoms with Gasteiger partial charge in [-0.2, -0.15) is 0 Å². The van der Waals surface area contributed by atoms with Crippen LogP contribution in [0.3, 0.4) is 0 Å². The van der Waals surface area contributed by atoms with Crippen LogP contribution in [0.1, 0.15) is 0 Å². The van der Waals surface area contributed by atoms with Gasteiger partial charge in [0.15, 0.2) is 5.75 Å². The first kappa shape index (κ1) is 18.0. The molecule has 14 heteroatoms. The summed E-state index contributed by atoms with van der Waals surface area (Å²) in [6.45, 7) is 0. The van der Waals surface area contributed by atoms with E-state index in [0.29, 0.717) is 0 Å². The van der Waals surface area contributed by atoms with Crippen molar-refractivity contribution in [2.75, 3.05) is 5.48 Å². The van der Waals surface area contributed by atoms with E-state index >= 15 is 0 Å². The molecular formula is C12H8N4O10. The summed E-state index contributed by atoms with van der Waals surface area (Å²) in [7, 11) is 0. The highest BCUT2D eigenvalue weighted by Crippen LogP contribution is 2.27. The SMILES string of the molecule is O=[N+]([O-])Oc1ccc(ONc2cc(O[N+](=O)[O-])cc(O[N+](=O)[O-])c2)cc1. The van der Waals surface area contributed by atoms with Gasteiger partial charge in [-0.15, -0.1) is 30.3 Å². The molecule has 0 aliphatic heterocycles. The molecular weight excluding hydrogens is 360 g/mol. The number of hydrogen-bond acceptors (Lipinski definition) is 11. The Balaban J connectivity index is 2.10. The first-order valence-electron chi connectivity index (χ1n) is 6.47. The molecule has 0 heterocycles. The van der Waals surface area contributed by atoms with E-state index < -0.39 is 15.3 Å². The second-order valence-corrected chi connectivity index (χ2v) is 4.31. The third-order valence-electron chi connectivity index (χ3n) is 2.53. The molecule has 0 aliphatic carbocycles. The fourth-order valence-corrected chi connectivity index (χ4v) is 1.68. The molecule has 0 aromatic heterocycles. The van der Waals surface area contributed by atoms with Crippen molar-refractivity contribution in [1.82, 2.24) is 0 Å². The maximum Gasteiger partial charge on any atom is 0.299 e. The summed E-state index contributed by atoms with van der Waals surface area (Å²) in [5.41, 5.74) is 2.40. The van der Waals surface area contributed by atoms with Crippen LogP contribution < -0.4 is 24.8 Å². The van der Waals surface area contributed by atoms with E-state index in [9.17, 15) is 30.3 Å². The van der Waals surface area contributed by atoms with Crippen molar-refractivity contribution in [2.24, 2.45) is 0 Å². The molecule has 0 spiro atoms. The Labute approximate surface area is 142 Å². The molecule has 0 aliphatic rings. The van der Waals surface area contributed by atoms with Gasteiger partial charge < -0.3 is 4.84 Å². The Bertz CT molecular complexity index is 791. The van der Waals surface area contributed by atoms with Crippen molar-refractivity contribution in [3.05, 3.63) is 72.8 Å². The third kappa shape index (κ3) is 5.69. The van der Waals surface area contributed by atoms with Crippen LogP contribution in [0.25, 0.3) is 0 Å². The molecule has 0 unspecified atom stereocenters. The number of benzene rings is 2. The van der Waals surface area contributed by atoms with Crippen molar-refractivity contribution in [3.63, 3.8) is 0 Å². The summed E-state index contributed by atoms with van der Waals surface area (Å²) < 4.78 is 0. The molecule has 136 valence electrons. The van der Waals surface area contributed by atoms with Gasteiger partial charge in [-0.05, 0) is 42.5 Å². The zero-order chi connectivity index (χ0) is 19.1. The lowest BCUT2D eigenvalue weighted by Crippen LogP contribution is -2.09. The monoisotopic (exact) mass is 368 g/mol. The third-order valence-corrected chi connectivity index (χ3v) is 2.53. The Morgan fingerprint density at radius 3 is 1.54 bits per heavy atom. The minimum atomic E-state index is -1.11. The van der Waals surface area contributed by atoms with Crippen molar-refractivity contribution in [1.29, 1.82) is 0 Å². The van der Waals surface area contributed by atoms with E-state index in [1.165, 1.54) is 24.3 Å². The first-order valence-corrected chi connectivity index (χ1v) is 6.47. The highest BCUT2D eigenvalue weighted by atomic mass is 17.0. The molecule has 0 amide bonds. The van der Waals surface area contributed by atoms with Crippen molar-refractivity contribution in [2.45, 2.75) is 0 Å². The highest BCUT2D eigenvalue weighted by molar-refractivity contribution is 5.52. The molecule has 0 radical (unpaired) electrons. The van der Waals surface area contributed by atoms with Gasteiger partial charge in [0.2, 0.25) is 0 Å². The summed E-state index contributed by atoms with van der Waals surface area (Å²) in [6, 6.07) is 8.36. The Kier molecular flexibility index (Phi) is 5.50. The molecule has 2 aromatic carbocycles. The van der Waals surface area contributed by atoms with Crippen LogP contribution in [-0.4, -0.2) is 15.3 Å². The molecule has 2 rings (SSSR count). The van der Waals surface area contributed by atoms with Crippen molar-refractivity contribution in [3.8, 4) is 23.0 Å². The summed E-state index contributed by atoms with van der Waals surface area (Å²) >= 11 is 0. The quantitative estimate of drug-likeness (QED) is 0.503. The Hall–Kier alpha value is -4.36. The molecule has 0 bridgehead atoms. The minimum absolute atomic E-state index is 0.0341. The zero-order valence-electron chi connectivity index (χ0n) is 12.5. The summed E-state index contributed by atoms with van der Waals surface area (Å²) in [5.74, 6) is -0.547. The van der Waals surface area contributed by atoms with E-state index in [4.69, 9.17) is 4.84 Å². The summed E-state index contributed by atoms with van der Waals surface area (Å²) in [4.78, 5) is 48.8. The summed E-state index contributed by atoms with van der Waals surface area (Å²) in [5, 5.41) is 27.8. The summed E-state index contributed by atoms with van der Waals surface area (Å²) in [6.07, 6.45) is 0. The van der Waals surface area contributed by atoms with Crippen LogP contribution in [0.2, 0.25) is 0 Å². The van der Waals surface area contributed by atoms with Crippen LogP contribution in [0.15, 0.2) is 42.5 Å². The topological polar surface area (TPSA) is 178 Å². The van der Waals surface area contributed by atoms with E-state index in [2.05, 4.69) is 20.0 Å². The van der Waals surface area contributed by atoms with Gasteiger partial charge in [0.1, 0.15) is 17.2 Å². The van der Waals surface area contributed by atoms with Gasteiger partial charge in [0, 0.05) is 0 Å². The molecule has 0 fully saturated rings. The normalized spacial score (nSPS) is 9.69. The lowest BCUT2D eigenvalue weighted by molar-refractivity contribution is -0.713. The number of anilines is 1. The first-order chi connectivity index (χ1) is 12.3. The zero-order valence-corrected chi connectivity index (χ0v) is 12.5. The average molecular weight is 368 g/mol. The lowest BCUT2D eigenvalue weighted by atomic mass is 10.3. The fraction of sp³-hybridized carbons (Fsp3) is 0. The molecule has 0 atom stereocenters. The number of hydrogen-bond donors (Lipinski definition) is 1. The van der Waals surface area contributed by atoms with Crippen LogP contribution in [0.4, 0.5) is 5.69 Å². The predicted molar refractivity (Wildman–Crippen MR) is 80.0 cm³/mol. The van der Waals surface area contributed by atoms with Gasteiger partial charge in [-0.3, -0.25) is 14.5 Å². The molecule has 1 N–H and O–H groups in total. The number of nitrogens with zero attached hydrogens (tertiary/aromatic N) is 3. The molecule has 26 heavy (non-hydrogen) atoms. The smallest absolute Gasteiger partial charge is 0.299 e. The van der Waals surface area contributed by atoms with Gasteiger partial charge in [0.05, 0.1) is 5.69 Å². The molecule has 14 nitrogen and oxygen atoms in total. The fourth-order valence-electron chi connectivity index (χ4n) is 1.68. The average Bonchev–Trinajstić information content (AvgIpc) is 2.52. The van der Waals surface area contributed by atoms with E-state index in [-0.39, 0.29) is 28.7 Å². The van der Waals surface area contributed by atoms with Crippen molar-refractivity contribution >= 4 is 5.69 Å². The van der Waals surface area contributed by atoms with Crippen LogP contribution >= 0.6 is 0 Å². The van der Waals surface area contributed by atoms with Gasteiger partial charge >= 0.3 is 0 Å². The standard InChI is InChI=1S/C12H8N4O10/c17-14(18)24-10-3-1-9(2-4-10)23-13-8-5-11(25-15(19)20)7-12(6-8)26-16(21)22/h1-7,13H. The largest absolute Gasteiger partial charge is 0.382 e. The maximum absolute atomic E-state index is 10.4. The van der Waals surface area contributed by atoms with E-state index in [1.54, 1.807) is 0 Å². The van der Waals surface area contributed by atoms with Gasteiger partial charge in [0.25, 0.3) is 15.3 Å². The number of rotatable bonds is 9. The van der Waals surface area contributed by atoms with Gasteiger partial charge in [-0.1, -0.05) is 0 Å². The molecule has 0 saturated heterocycles. The highest BCUT2D eigenvalue weighted by Gasteiger charge is 2.09. The second kappa shape index (κ2) is 7.95. The Morgan fingerprint density at radius 1 is 0.654 bits per heavy atom. The lowest BCUT2D eigenvalue weighted by Gasteiger charge is -2.11. The minimum Gasteiger partial charge on any atom is -0.382 e. The van der Waals surface area contributed by atoms with E-state index in [0.717, 1.165) is 18.2 Å². The Morgan fingerprint density at radius 2 is 1.08 bits per heavy atom. The van der Waals surface area contributed by atoms with Crippen LogP contribution in [0, 0.1) is 30.3 Å². The second-order valence-electron chi connectivity index (χ2n) is 4.31. The van der Waals surface area contributed by atoms with Crippen molar-refractivity contribution < 1.29 is 34.6 Å². The molecule has 0 saturated carbocycles. The van der Waals surface area contributed by atoms with E-state index in [1.807, 2.05) is 0 Å². The number of nitrogens with one attached hydrogen (secondary N) is 1. The predicted octanol–water partition coefficient (Wildman–Crippen LogP) is 1.80.